The van der Waals surface area contributed by atoms with Crippen LogP contribution in [0.2, 0.25) is 0 Å². The molecule has 8 saturated carbocycles. The number of rotatable bonds is 2. The molecule has 8 fully saturated rings. The van der Waals surface area contributed by atoms with E-state index in [1.165, 1.54) is 68.9 Å². The first-order valence-electron chi connectivity index (χ1n) is 16.1. The van der Waals surface area contributed by atoms with Crippen LogP contribution in [0, 0.1) is 61.2 Å². The molecule has 2 nitrogen and oxygen atoms in total. The molecular formula is C38H48O2. The van der Waals surface area contributed by atoms with E-state index < -0.39 is 0 Å². The van der Waals surface area contributed by atoms with E-state index in [2.05, 4.69) is 38.1 Å². The van der Waals surface area contributed by atoms with Gasteiger partial charge in [-0.3, -0.25) is 9.59 Å². The molecule has 0 aromatic heterocycles. The minimum Gasteiger partial charge on any atom is -0.299 e. The average molecular weight is 537 g/mol. The maximum absolute atomic E-state index is 11.6. The lowest BCUT2D eigenvalue weighted by atomic mass is 9.53. The van der Waals surface area contributed by atoms with Gasteiger partial charge in [0.1, 0.15) is 5.78 Å². The standard InChI is InChI=1S/C19H24.C10H14O.C9H10O/c1-12-4-3-5-16(6-12)13(2)19-17-8-14-7-15(10-17)11-18(19)9-14;11-10-8-2-6-1-7(4-8)5-9(10)3-6;1-7-4-3-5-9(6-7)8(2)10/h3-6,14-15,17-18H,7-11H2,1-2H3;6-9H,1-5H2;3-6H,1-2H3. The lowest BCUT2D eigenvalue weighted by Gasteiger charge is -2.52. The van der Waals surface area contributed by atoms with Crippen LogP contribution in [0.4, 0.5) is 0 Å². The van der Waals surface area contributed by atoms with Crippen LogP contribution in [0.5, 0.6) is 0 Å². The number of hydrogen-bond acceptors (Lipinski definition) is 2. The quantitative estimate of drug-likeness (QED) is 0.358. The van der Waals surface area contributed by atoms with Crippen molar-refractivity contribution in [3.8, 4) is 0 Å². The zero-order chi connectivity index (χ0) is 28.0. The zero-order valence-electron chi connectivity index (χ0n) is 25.1. The molecule has 2 heteroatoms. The van der Waals surface area contributed by atoms with Crippen molar-refractivity contribution < 1.29 is 9.59 Å². The van der Waals surface area contributed by atoms with E-state index in [1.54, 1.807) is 18.9 Å². The Morgan fingerprint density at radius 2 is 0.975 bits per heavy atom. The molecule has 0 unspecified atom stereocenters. The summed E-state index contributed by atoms with van der Waals surface area (Å²) < 4.78 is 0. The van der Waals surface area contributed by atoms with Gasteiger partial charge in [-0.2, -0.15) is 0 Å². The molecular weight excluding hydrogens is 488 g/mol. The summed E-state index contributed by atoms with van der Waals surface area (Å²) in [5.41, 5.74) is 8.24. The van der Waals surface area contributed by atoms with Crippen LogP contribution in [0.1, 0.15) is 105 Å². The molecule has 8 bridgehead atoms. The Labute approximate surface area is 242 Å². The maximum Gasteiger partial charge on any atom is 0.159 e. The number of Topliss-reactive ketones (excluding diaryl/α,β-unsaturated/α-hetero) is 2. The molecule has 8 aliphatic rings. The van der Waals surface area contributed by atoms with E-state index in [4.69, 9.17) is 0 Å². The van der Waals surface area contributed by atoms with Gasteiger partial charge in [-0.1, -0.05) is 59.2 Å². The van der Waals surface area contributed by atoms with Crippen LogP contribution in [0.3, 0.4) is 0 Å². The van der Waals surface area contributed by atoms with Crippen molar-refractivity contribution in [2.45, 2.75) is 91.9 Å². The van der Waals surface area contributed by atoms with Gasteiger partial charge >= 0.3 is 0 Å². The highest BCUT2D eigenvalue weighted by Gasteiger charge is 2.47. The highest BCUT2D eigenvalue weighted by atomic mass is 16.1. The number of hydrogen-bond donors (Lipinski definition) is 0. The van der Waals surface area contributed by atoms with Gasteiger partial charge in [0.05, 0.1) is 0 Å². The molecule has 0 amide bonds. The molecule has 2 aromatic carbocycles. The topological polar surface area (TPSA) is 34.1 Å². The molecule has 2 aromatic rings. The smallest absolute Gasteiger partial charge is 0.159 e. The fourth-order valence-corrected chi connectivity index (χ4v) is 9.86. The van der Waals surface area contributed by atoms with Gasteiger partial charge in [-0.05, 0) is 145 Å². The fourth-order valence-electron chi connectivity index (χ4n) is 9.86. The van der Waals surface area contributed by atoms with Gasteiger partial charge in [-0.25, -0.2) is 0 Å². The van der Waals surface area contributed by atoms with Crippen molar-refractivity contribution in [1.82, 2.24) is 0 Å². The molecule has 0 aliphatic heterocycles. The van der Waals surface area contributed by atoms with Gasteiger partial charge in [-0.15, -0.1) is 0 Å². The monoisotopic (exact) mass is 536 g/mol. The van der Waals surface area contributed by atoms with Gasteiger partial charge in [0.25, 0.3) is 0 Å². The van der Waals surface area contributed by atoms with E-state index in [0.717, 1.165) is 46.6 Å². The fraction of sp³-hybridized carbons (Fsp3) is 0.579. The molecule has 0 radical (unpaired) electrons. The van der Waals surface area contributed by atoms with Crippen LogP contribution in [0.15, 0.2) is 54.1 Å². The largest absolute Gasteiger partial charge is 0.299 e. The normalized spacial score (nSPS) is 34.1. The van der Waals surface area contributed by atoms with Crippen LogP contribution in [-0.4, -0.2) is 11.6 Å². The summed E-state index contributed by atoms with van der Waals surface area (Å²) in [5.74, 6) is 7.63. The summed E-state index contributed by atoms with van der Waals surface area (Å²) in [4.78, 5) is 22.4. The molecule has 10 rings (SSSR count). The molecule has 8 aliphatic carbocycles. The number of carbonyl (C=O) groups is 2. The number of carbonyl (C=O) groups excluding carboxylic acids is 2. The summed E-state index contributed by atoms with van der Waals surface area (Å²) in [6.45, 7) is 8.14. The molecule has 0 N–H and O–H groups in total. The highest BCUT2D eigenvalue weighted by molar-refractivity contribution is 5.94. The first kappa shape index (κ1) is 27.7. The third-order valence-corrected chi connectivity index (χ3v) is 11.3. The van der Waals surface area contributed by atoms with E-state index >= 15 is 0 Å². The molecule has 0 spiro atoms. The summed E-state index contributed by atoms with van der Waals surface area (Å²) in [6.07, 6.45) is 13.9. The van der Waals surface area contributed by atoms with E-state index in [0.29, 0.717) is 17.6 Å². The second-order valence-electron chi connectivity index (χ2n) is 14.4. The minimum atomic E-state index is 0.128. The third-order valence-electron chi connectivity index (χ3n) is 11.3. The summed E-state index contributed by atoms with van der Waals surface area (Å²) in [5, 5.41) is 0. The van der Waals surface area contributed by atoms with Gasteiger partial charge < -0.3 is 0 Å². The minimum absolute atomic E-state index is 0.128. The number of ketones is 2. The number of benzene rings is 2. The first-order valence-corrected chi connectivity index (χ1v) is 16.1. The molecule has 0 saturated heterocycles. The molecule has 0 heterocycles. The predicted molar refractivity (Wildman–Crippen MR) is 164 cm³/mol. The molecule has 212 valence electrons. The Bertz CT molecular complexity index is 1240. The third kappa shape index (κ3) is 5.79. The summed E-state index contributed by atoms with van der Waals surface area (Å²) in [7, 11) is 0. The van der Waals surface area contributed by atoms with Gasteiger partial charge in [0, 0.05) is 17.4 Å². The van der Waals surface area contributed by atoms with Crippen LogP contribution in [0.25, 0.3) is 5.57 Å². The molecule has 40 heavy (non-hydrogen) atoms. The van der Waals surface area contributed by atoms with Crippen molar-refractivity contribution in [1.29, 1.82) is 0 Å². The van der Waals surface area contributed by atoms with Crippen molar-refractivity contribution in [3.05, 3.63) is 76.4 Å². The Hall–Kier alpha value is -2.48. The Morgan fingerprint density at radius 1 is 0.575 bits per heavy atom. The van der Waals surface area contributed by atoms with Gasteiger partial charge in [0.15, 0.2) is 5.78 Å². The zero-order valence-corrected chi connectivity index (χ0v) is 25.1. The van der Waals surface area contributed by atoms with Crippen LogP contribution in [-0.2, 0) is 4.79 Å². The second kappa shape index (κ2) is 11.4. The molecule has 0 atom stereocenters. The lowest BCUT2D eigenvalue weighted by molar-refractivity contribution is -0.139. The summed E-state index contributed by atoms with van der Waals surface area (Å²) >= 11 is 0. The SMILES string of the molecule is CC(=C1C2CC3CC(C2)CC1C3)c1cccc(C)c1.CC(=O)c1cccc(C)c1.O=C1C2CC3CC(C2)CC1C3. The Balaban J connectivity index is 0.000000118. The second-order valence-corrected chi connectivity index (χ2v) is 14.4. The van der Waals surface area contributed by atoms with Crippen molar-refractivity contribution in [3.63, 3.8) is 0 Å². The highest BCUT2D eigenvalue weighted by Crippen LogP contribution is 2.58. The van der Waals surface area contributed by atoms with Crippen molar-refractivity contribution in [2.24, 2.45) is 47.3 Å². The van der Waals surface area contributed by atoms with Crippen molar-refractivity contribution in [2.75, 3.05) is 0 Å². The Morgan fingerprint density at radius 3 is 1.38 bits per heavy atom. The predicted octanol–water partition coefficient (Wildman–Crippen LogP) is 9.43. The van der Waals surface area contributed by atoms with Crippen LogP contribution >= 0.6 is 0 Å². The summed E-state index contributed by atoms with van der Waals surface area (Å²) in [6, 6.07) is 16.7. The van der Waals surface area contributed by atoms with Crippen molar-refractivity contribution >= 4 is 17.1 Å². The van der Waals surface area contributed by atoms with E-state index in [-0.39, 0.29) is 5.78 Å². The van der Waals surface area contributed by atoms with E-state index in [1.807, 2.05) is 36.8 Å². The van der Waals surface area contributed by atoms with Gasteiger partial charge in [0.2, 0.25) is 0 Å². The average Bonchev–Trinajstić information content (AvgIpc) is 2.91. The lowest BCUT2D eigenvalue weighted by Crippen LogP contribution is -2.45. The first-order chi connectivity index (χ1) is 19.2. The number of aryl methyl sites for hydroxylation is 2. The Kier molecular flexibility index (Phi) is 7.90. The van der Waals surface area contributed by atoms with E-state index in [9.17, 15) is 9.59 Å². The maximum atomic E-state index is 11.6. The van der Waals surface area contributed by atoms with Crippen LogP contribution < -0.4 is 0 Å². The number of allylic oxidation sites excluding steroid dienone is 2.